The van der Waals surface area contributed by atoms with Gasteiger partial charge in [0.1, 0.15) is 5.76 Å². The van der Waals surface area contributed by atoms with Crippen molar-refractivity contribution in [3.63, 3.8) is 0 Å². The summed E-state index contributed by atoms with van der Waals surface area (Å²) < 4.78 is 4.73. The summed E-state index contributed by atoms with van der Waals surface area (Å²) >= 11 is 0. The zero-order chi connectivity index (χ0) is 37.3. The van der Waals surface area contributed by atoms with E-state index in [-0.39, 0.29) is 42.5 Å². The van der Waals surface area contributed by atoms with Crippen molar-refractivity contribution < 1.29 is 30.0 Å². The number of rotatable bonds is 9. The molecule has 5 nitrogen and oxygen atoms in total. The number of carbonyl (C=O) groups excluding carboxylic acids is 1. The summed E-state index contributed by atoms with van der Waals surface area (Å²) in [6.45, 7) is 12.1. The first-order valence-electron chi connectivity index (χ1n) is 18.9. The minimum atomic E-state index is -0.337. The van der Waals surface area contributed by atoms with E-state index in [9.17, 15) is 9.90 Å². The molecule has 1 radical (unpaired) electrons. The van der Waals surface area contributed by atoms with Gasteiger partial charge in [0, 0.05) is 76.4 Å². The Labute approximate surface area is 331 Å². The summed E-state index contributed by atoms with van der Waals surface area (Å²) in [5, 5.41) is 15.8. The molecule has 0 aliphatic heterocycles. The van der Waals surface area contributed by atoms with Crippen LogP contribution in [0.5, 0.6) is 0 Å². The maximum Gasteiger partial charge on any atom is 0.164 e. The van der Waals surface area contributed by atoms with Gasteiger partial charge in [-0.15, -0.1) is 17.5 Å². The van der Waals surface area contributed by atoms with Crippen molar-refractivity contribution in [2.75, 3.05) is 0 Å². The minimum Gasteiger partial charge on any atom is -0.512 e. The molecular weight excluding hydrogens is 843 g/mol. The van der Waals surface area contributed by atoms with Crippen molar-refractivity contribution in [2.24, 2.45) is 10.8 Å². The van der Waals surface area contributed by atoms with Crippen LogP contribution in [0.4, 0.5) is 0 Å². The molecule has 0 aliphatic carbocycles. The van der Waals surface area contributed by atoms with Crippen LogP contribution in [0.3, 0.4) is 0 Å². The van der Waals surface area contributed by atoms with Gasteiger partial charge in [0.05, 0.1) is 11.0 Å². The number of pyridine rings is 1. The summed E-state index contributed by atoms with van der Waals surface area (Å²) in [4.78, 5) is 17.2. The smallest absolute Gasteiger partial charge is 0.164 e. The number of aromatic nitrogens is 3. The van der Waals surface area contributed by atoms with Gasteiger partial charge in [-0.05, 0) is 73.7 Å². The summed E-state index contributed by atoms with van der Waals surface area (Å²) in [5.74, 6) is 0.286. The second kappa shape index (κ2) is 15.8. The van der Waals surface area contributed by atoms with Crippen LogP contribution in [-0.2, 0) is 24.9 Å². The van der Waals surface area contributed by atoms with Gasteiger partial charge in [-0.1, -0.05) is 119 Å². The van der Waals surface area contributed by atoms with Crippen molar-refractivity contribution in [3.8, 4) is 11.4 Å². The van der Waals surface area contributed by atoms with Gasteiger partial charge >= 0.3 is 0 Å². The van der Waals surface area contributed by atoms with Crippen LogP contribution in [0.1, 0.15) is 67.2 Å². The Kier molecular flexibility index (Phi) is 11.3. The third-order valence-corrected chi connectivity index (χ3v) is 11.8. The van der Waals surface area contributed by atoms with E-state index >= 15 is 0 Å². The molecular formula is C48H48IrN3O2-. The zero-order valence-electron chi connectivity index (χ0n) is 32.0. The fourth-order valence-electron chi connectivity index (χ4n) is 7.40. The van der Waals surface area contributed by atoms with Gasteiger partial charge in [-0.25, -0.2) is 0 Å². The molecule has 5 aromatic carbocycles. The number of fused-ring (bicyclic) bond motifs is 3. The molecule has 1 N–H and O–H groups in total. The molecule has 277 valence electrons. The molecule has 0 spiro atoms. The monoisotopic (exact) mass is 891 g/mol. The van der Waals surface area contributed by atoms with Crippen LogP contribution in [-0.4, -0.2) is 25.0 Å². The van der Waals surface area contributed by atoms with Crippen LogP contribution in [0.15, 0.2) is 133 Å². The van der Waals surface area contributed by atoms with Crippen molar-refractivity contribution in [1.82, 2.24) is 14.1 Å². The molecule has 0 saturated carbocycles. The average Bonchev–Trinajstić information content (AvgIpc) is 3.50. The normalized spacial score (nSPS) is 12.3. The molecule has 8 rings (SSSR count). The van der Waals surface area contributed by atoms with E-state index in [0.29, 0.717) is 0 Å². The Morgan fingerprint density at radius 1 is 0.667 bits per heavy atom. The molecule has 0 saturated heterocycles. The Morgan fingerprint density at radius 2 is 1.19 bits per heavy atom. The van der Waals surface area contributed by atoms with Gasteiger partial charge < -0.3 is 14.2 Å². The number of carbonyl (C=O) groups is 1. The molecule has 0 atom stereocenters. The zero-order valence-corrected chi connectivity index (χ0v) is 34.4. The standard InChI is InChI=1S/C33H20N3.C15H28O2.Ir/c1-3-12-24(13-4-1)35-27-16-9-17-28-31(27)32-29(35)18-19-34-33(32)26-20-22-10-7-8-11-23(22)21-30(26)36(28)25-14-5-2-6-15-25;1-7-14(5,8-2)12(16)11-13(17)15(6,9-3)10-4;/h1-19,21H;11,16H,7-10H2,1-6H3;/q-1;;/b;12-11-;. The number of aliphatic hydroxyl groups excluding tert-OH is 1. The molecule has 54 heavy (non-hydrogen) atoms. The number of para-hydroxylation sites is 2. The molecule has 0 unspecified atom stereocenters. The average molecular weight is 891 g/mol. The molecule has 0 amide bonds. The Hall–Kier alpha value is -5.03. The second-order valence-electron chi connectivity index (χ2n) is 14.6. The number of nitrogens with zero attached hydrogens (tertiary/aromatic N) is 3. The number of ketones is 1. The summed E-state index contributed by atoms with van der Waals surface area (Å²) in [6.07, 6.45) is 6.69. The van der Waals surface area contributed by atoms with Gasteiger partial charge in [0.25, 0.3) is 0 Å². The van der Waals surface area contributed by atoms with E-state index in [0.717, 1.165) is 80.7 Å². The first-order chi connectivity index (χ1) is 25.7. The predicted molar refractivity (Wildman–Crippen MR) is 222 cm³/mol. The quantitative estimate of drug-likeness (QED) is 0.0892. The number of hydrogen-bond donors (Lipinski definition) is 1. The van der Waals surface area contributed by atoms with Crippen molar-refractivity contribution in [3.05, 3.63) is 139 Å². The van der Waals surface area contributed by atoms with Gasteiger partial charge in [-0.2, -0.15) is 0 Å². The maximum absolute atomic E-state index is 12.2. The number of hydrogen-bond acceptors (Lipinski definition) is 3. The van der Waals surface area contributed by atoms with Gasteiger partial charge in [0.15, 0.2) is 5.78 Å². The predicted octanol–water partition coefficient (Wildman–Crippen LogP) is 12.9. The third kappa shape index (κ3) is 6.67. The van der Waals surface area contributed by atoms with Crippen molar-refractivity contribution in [1.29, 1.82) is 0 Å². The summed E-state index contributed by atoms with van der Waals surface area (Å²) in [7, 11) is 0. The van der Waals surface area contributed by atoms with Gasteiger partial charge in [0.2, 0.25) is 0 Å². The van der Waals surface area contributed by atoms with Crippen LogP contribution in [0.2, 0.25) is 0 Å². The molecule has 3 aromatic heterocycles. The fraction of sp³-hybridized carbons (Fsp3) is 0.250. The Bertz CT molecular complexity index is 2610. The number of allylic oxidation sites excluding steroid dienone is 2. The van der Waals surface area contributed by atoms with Crippen molar-refractivity contribution >= 4 is 60.3 Å². The minimum absolute atomic E-state index is 0. The number of aliphatic hydroxyl groups is 1. The summed E-state index contributed by atoms with van der Waals surface area (Å²) in [6, 6.07) is 44.4. The third-order valence-electron chi connectivity index (χ3n) is 11.8. The largest absolute Gasteiger partial charge is 0.512 e. The Morgan fingerprint density at radius 3 is 1.76 bits per heavy atom. The first kappa shape index (κ1) is 38.7. The van der Waals surface area contributed by atoms with E-state index in [1.165, 1.54) is 17.0 Å². The van der Waals surface area contributed by atoms with Crippen LogP contribution < -0.4 is 0 Å². The van der Waals surface area contributed by atoms with Gasteiger partial charge in [-0.3, -0.25) is 9.78 Å². The van der Waals surface area contributed by atoms with Crippen LogP contribution in [0, 0.1) is 16.9 Å². The van der Waals surface area contributed by atoms with E-state index < -0.39 is 0 Å². The second-order valence-corrected chi connectivity index (χ2v) is 14.6. The van der Waals surface area contributed by atoms with Crippen LogP contribution in [0.25, 0.3) is 65.9 Å². The van der Waals surface area contributed by atoms with Crippen LogP contribution >= 0.6 is 0 Å². The Balaban J connectivity index is 0.000000238. The first-order valence-corrected chi connectivity index (χ1v) is 18.9. The fourth-order valence-corrected chi connectivity index (χ4v) is 7.40. The van der Waals surface area contributed by atoms with E-state index in [2.05, 4.69) is 130 Å². The molecule has 8 aromatic rings. The van der Waals surface area contributed by atoms with E-state index in [1.54, 1.807) is 0 Å². The molecule has 0 aliphatic rings. The topological polar surface area (TPSA) is 60.0 Å². The molecule has 0 bridgehead atoms. The number of benzene rings is 5. The maximum atomic E-state index is 12.2. The summed E-state index contributed by atoms with van der Waals surface area (Å²) in [5.41, 5.74) is 7.18. The molecule has 0 fully saturated rings. The van der Waals surface area contributed by atoms with E-state index in [4.69, 9.17) is 4.98 Å². The SMILES string of the molecule is CCC(C)(CC)C(=O)/C=C(\O)C(C)(CC)CC.[Ir].[c-]1c2ccccc2cc2c1c1nccc3c1c1c(cccc1n3-c1ccccc1)n2-c1ccccc1. The van der Waals surface area contributed by atoms with Crippen molar-refractivity contribution in [2.45, 2.75) is 67.2 Å². The van der Waals surface area contributed by atoms with E-state index in [1.807, 2.05) is 47.7 Å². The molecule has 6 heteroatoms. The molecule has 3 heterocycles.